The zero-order valence-corrected chi connectivity index (χ0v) is 9.53. The Morgan fingerprint density at radius 2 is 2.00 bits per heavy atom. The number of hydrogen-bond acceptors (Lipinski definition) is 1. The predicted octanol–water partition coefficient (Wildman–Crippen LogP) is 3.33. The molecule has 0 bridgehead atoms. The first kappa shape index (κ1) is 10.3. The second-order valence-corrected chi connectivity index (χ2v) is 4.53. The molecule has 0 fully saturated rings. The Labute approximate surface area is 92.3 Å². The van der Waals surface area contributed by atoms with Gasteiger partial charge in [-0.05, 0) is 31.8 Å². The first-order chi connectivity index (χ1) is 7.24. The maximum atomic E-state index is 3.54. The number of allylic oxidation sites excluding steroid dienone is 5. The van der Waals surface area contributed by atoms with E-state index in [1.807, 2.05) is 0 Å². The van der Waals surface area contributed by atoms with Crippen molar-refractivity contribution in [2.45, 2.75) is 32.7 Å². The number of rotatable bonds is 2. The van der Waals surface area contributed by atoms with E-state index >= 15 is 0 Å². The molecule has 80 valence electrons. The highest BCUT2D eigenvalue weighted by molar-refractivity contribution is 5.27. The normalized spacial score (nSPS) is 29.7. The Morgan fingerprint density at radius 1 is 1.13 bits per heavy atom. The van der Waals surface area contributed by atoms with E-state index in [1.165, 1.54) is 11.3 Å². The van der Waals surface area contributed by atoms with E-state index in [0.29, 0.717) is 12.0 Å². The molecule has 15 heavy (non-hydrogen) atoms. The lowest BCUT2D eigenvalue weighted by Crippen LogP contribution is -2.27. The summed E-state index contributed by atoms with van der Waals surface area (Å²) in [6.45, 7) is 4.39. The monoisotopic (exact) mass is 201 g/mol. The van der Waals surface area contributed by atoms with Crippen LogP contribution in [0.25, 0.3) is 0 Å². The van der Waals surface area contributed by atoms with Gasteiger partial charge in [-0.3, -0.25) is 0 Å². The Hall–Kier alpha value is -1.24. The minimum Gasteiger partial charge on any atom is -0.379 e. The quantitative estimate of drug-likeness (QED) is 0.722. The molecule has 2 unspecified atom stereocenters. The van der Waals surface area contributed by atoms with Crippen LogP contribution >= 0.6 is 0 Å². The minimum absolute atomic E-state index is 0.470. The van der Waals surface area contributed by atoms with Gasteiger partial charge in [0, 0.05) is 11.7 Å². The van der Waals surface area contributed by atoms with E-state index in [9.17, 15) is 0 Å². The van der Waals surface area contributed by atoms with Gasteiger partial charge >= 0.3 is 0 Å². The zero-order valence-electron chi connectivity index (χ0n) is 9.53. The van der Waals surface area contributed by atoms with Crippen molar-refractivity contribution in [3.05, 3.63) is 47.7 Å². The zero-order chi connectivity index (χ0) is 10.7. The third-order valence-electron chi connectivity index (χ3n) is 2.95. The van der Waals surface area contributed by atoms with Gasteiger partial charge in [-0.15, -0.1) is 0 Å². The van der Waals surface area contributed by atoms with Crippen LogP contribution in [-0.4, -0.2) is 6.04 Å². The van der Waals surface area contributed by atoms with E-state index < -0.39 is 0 Å². The Balaban J connectivity index is 1.89. The maximum Gasteiger partial charge on any atom is 0.0482 e. The van der Waals surface area contributed by atoms with Crippen molar-refractivity contribution in [1.29, 1.82) is 0 Å². The van der Waals surface area contributed by atoms with Crippen LogP contribution in [0, 0.1) is 5.92 Å². The highest BCUT2D eigenvalue weighted by atomic mass is 14.9. The van der Waals surface area contributed by atoms with Crippen LogP contribution in [0.1, 0.15) is 26.7 Å². The molecule has 1 N–H and O–H groups in total. The summed E-state index contributed by atoms with van der Waals surface area (Å²) in [4.78, 5) is 0. The first-order valence-electron chi connectivity index (χ1n) is 5.74. The summed E-state index contributed by atoms with van der Waals surface area (Å²) in [5.41, 5.74) is 2.64. The van der Waals surface area contributed by atoms with E-state index in [0.717, 1.165) is 12.8 Å². The van der Waals surface area contributed by atoms with Crippen LogP contribution in [0.15, 0.2) is 47.7 Å². The molecule has 0 radical (unpaired) electrons. The lowest BCUT2D eigenvalue weighted by atomic mass is 10.00. The van der Waals surface area contributed by atoms with Crippen molar-refractivity contribution in [3.63, 3.8) is 0 Å². The second-order valence-electron chi connectivity index (χ2n) is 4.53. The average molecular weight is 201 g/mol. The van der Waals surface area contributed by atoms with Crippen molar-refractivity contribution < 1.29 is 0 Å². The predicted molar refractivity (Wildman–Crippen MR) is 65.4 cm³/mol. The number of hydrogen-bond donors (Lipinski definition) is 1. The second kappa shape index (κ2) is 4.52. The van der Waals surface area contributed by atoms with Gasteiger partial charge in [-0.2, -0.15) is 0 Å². The lowest BCUT2D eigenvalue weighted by molar-refractivity contribution is 0.656. The summed E-state index contributed by atoms with van der Waals surface area (Å²) in [7, 11) is 0. The molecule has 2 aliphatic rings. The number of nitrogens with one attached hydrogen (secondary N) is 1. The average Bonchev–Trinajstić information content (AvgIpc) is 2.25. The largest absolute Gasteiger partial charge is 0.379 e. The van der Waals surface area contributed by atoms with Crippen molar-refractivity contribution in [1.82, 2.24) is 5.32 Å². The topological polar surface area (TPSA) is 12.0 Å². The highest BCUT2D eigenvalue weighted by Crippen LogP contribution is 2.16. The van der Waals surface area contributed by atoms with Gasteiger partial charge in [-0.25, -0.2) is 0 Å². The van der Waals surface area contributed by atoms with Crippen molar-refractivity contribution in [3.8, 4) is 0 Å². The summed E-state index contributed by atoms with van der Waals surface area (Å²) in [5, 5.41) is 3.54. The van der Waals surface area contributed by atoms with Gasteiger partial charge in [-0.1, -0.05) is 42.9 Å². The van der Waals surface area contributed by atoms with Gasteiger partial charge in [0.15, 0.2) is 0 Å². The smallest absolute Gasteiger partial charge is 0.0482 e. The van der Waals surface area contributed by atoms with E-state index in [4.69, 9.17) is 0 Å². The minimum atomic E-state index is 0.470. The first-order valence-corrected chi connectivity index (χ1v) is 5.74. The van der Waals surface area contributed by atoms with Crippen LogP contribution in [0.5, 0.6) is 0 Å². The summed E-state index contributed by atoms with van der Waals surface area (Å²) in [6, 6.07) is 0.470. The van der Waals surface area contributed by atoms with Gasteiger partial charge < -0.3 is 5.32 Å². The van der Waals surface area contributed by atoms with Crippen molar-refractivity contribution in [2.75, 3.05) is 0 Å². The van der Waals surface area contributed by atoms with Crippen LogP contribution in [0.4, 0.5) is 0 Å². The van der Waals surface area contributed by atoms with Crippen molar-refractivity contribution >= 4 is 0 Å². The summed E-state index contributed by atoms with van der Waals surface area (Å²) >= 11 is 0. The highest BCUT2D eigenvalue weighted by Gasteiger charge is 2.09. The molecule has 1 heteroatoms. The maximum absolute atomic E-state index is 3.54. The molecule has 0 aromatic carbocycles. The molecule has 0 saturated heterocycles. The molecule has 0 saturated carbocycles. The molecule has 2 atom stereocenters. The van der Waals surface area contributed by atoms with Crippen molar-refractivity contribution in [2.24, 2.45) is 5.92 Å². The molecule has 0 heterocycles. The molecule has 0 amide bonds. The Morgan fingerprint density at radius 3 is 2.60 bits per heavy atom. The fourth-order valence-corrected chi connectivity index (χ4v) is 1.88. The fourth-order valence-electron chi connectivity index (χ4n) is 1.88. The molecule has 0 aromatic rings. The van der Waals surface area contributed by atoms with Crippen LogP contribution in [-0.2, 0) is 0 Å². The third-order valence-corrected chi connectivity index (χ3v) is 2.95. The molecule has 0 spiro atoms. The third kappa shape index (κ3) is 2.85. The molecular weight excluding hydrogens is 182 g/mol. The summed E-state index contributed by atoms with van der Waals surface area (Å²) in [5.74, 6) is 0.694. The standard InChI is InChI=1S/C14H19N/c1-11-3-7-13(8-4-11)15-14-9-5-12(2)6-10-14/h3-5,7,9-10,12-13,15H,6,8H2,1-2H3. The molecule has 0 aromatic heterocycles. The van der Waals surface area contributed by atoms with E-state index in [-0.39, 0.29) is 0 Å². The summed E-state index contributed by atoms with van der Waals surface area (Å²) < 4.78 is 0. The van der Waals surface area contributed by atoms with E-state index in [2.05, 4.69) is 55.6 Å². The molecular formula is C14H19N. The molecule has 2 rings (SSSR count). The Bertz CT molecular complexity index is 344. The van der Waals surface area contributed by atoms with Gasteiger partial charge in [0.25, 0.3) is 0 Å². The lowest BCUT2D eigenvalue weighted by Gasteiger charge is -2.21. The fraction of sp³-hybridized carbons (Fsp3) is 0.429. The molecule has 0 aliphatic heterocycles. The van der Waals surface area contributed by atoms with Crippen LogP contribution in [0.2, 0.25) is 0 Å². The summed E-state index contributed by atoms with van der Waals surface area (Å²) in [6.07, 6.45) is 15.8. The van der Waals surface area contributed by atoms with Crippen LogP contribution < -0.4 is 5.32 Å². The Kier molecular flexibility index (Phi) is 3.10. The van der Waals surface area contributed by atoms with Gasteiger partial charge in [0.05, 0.1) is 0 Å². The van der Waals surface area contributed by atoms with E-state index in [1.54, 1.807) is 0 Å². The molecule has 1 nitrogen and oxygen atoms in total. The molecule has 2 aliphatic carbocycles. The SMILES string of the molecule is CC1=CCC(NC2=CCC(C)C=C2)C=C1. The van der Waals surface area contributed by atoms with Gasteiger partial charge in [0.1, 0.15) is 0 Å². The van der Waals surface area contributed by atoms with Crippen LogP contribution in [0.3, 0.4) is 0 Å². The van der Waals surface area contributed by atoms with Gasteiger partial charge in [0.2, 0.25) is 0 Å².